The maximum Gasteiger partial charge on any atom is 0.624 e. The second-order valence-corrected chi connectivity index (χ2v) is 5.02. The molecular formula is C2H9BO4Si. The van der Waals surface area contributed by atoms with Gasteiger partial charge < -0.3 is 19.2 Å². The third-order valence-corrected chi connectivity index (χ3v) is 1.18. The first-order chi connectivity index (χ1) is 3.42. The van der Waals surface area contributed by atoms with E-state index in [-0.39, 0.29) is 0 Å². The lowest BCUT2D eigenvalue weighted by atomic mass is 10.3. The highest BCUT2D eigenvalue weighted by Crippen LogP contribution is 1.96. The van der Waals surface area contributed by atoms with Crippen molar-refractivity contribution in [2.24, 2.45) is 0 Å². The molecule has 0 saturated heterocycles. The first kappa shape index (κ1) is 8.12. The molecule has 0 aromatic carbocycles. The van der Waals surface area contributed by atoms with Gasteiger partial charge in [0.05, 0.1) is 0 Å². The molecule has 6 heteroatoms. The van der Waals surface area contributed by atoms with Gasteiger partial charge in [0.1, 0.15) is 0 Å². The van der Waals surface area contributed by atoms with Crippen molar-refractivity contribution in [2.75, 3.05) is 0 Å². The number of hydrogen-bond donors (Lipinski definition) is 3. The van der Waals surface area contributed by atoms with E-state index in [0.29, 0.717) is 0 Å². The van der Waals surface area contributed by atoms with Crippen molar-refractivity contribution in [3.8, 4) is 0 Å². The first-order valence-electron chi connectivity index (χ1n) is 2.18. The van der Waals surface area contributed by atoms with E-state index in [9.17, 15) is 0 Å². The van der Waals surface area contributed by atoms with Crippen LogP contribution in [0.25, 0.3) is 0 Å². The van der Waals surface area contributed by atoms with Crippen molar-refractivity contribution < 1.29 is 19.2 Å². The van der Waals surface area contributed by atoms with E-state index in [0.717, 1.165) is 0 Å². The molecule has 8 heavy (non-hydrogen) atoms. The fourth-order valence-electron chi connectivity index (χ4n) is 0.258. The maximum atomic E-state index is 8.78. The average molecular weight is 136 g/mol. The van der Waals surface area contributed by atoms with Gasteiger partial charge in [0.15, 0.2) is 0 Å². The highest BCUT2D eigenvalue weighted by atomic mass is 28.4. The summed E-state index contributed by atoms with van der Waals surface area (Å²) in [7, 11) is -4.57. The van der Waals surface area contributed by atoms with Crippen LogP contribution in [0.1, 0.15) is 0 Å². The molecular weight excluding hydrogens is 127 g/mol. The summed E-state index contributed by atoms with van der Waals surface area (Å²) in [6.45, 7) is 2.87. The summed E-state index contributed by atoms with van der Waals surface area (Å²) in [6.07, 6.45) is 0. The molecule has 0 aliphatic carbocycles. The van der Waals surface area contributed by atoms with E-state index in [1.54, 1.807) is 0 Å². The lowest BCUT2D eigenvalue weighted by Crippen LogP contribution is -2.37. The molecule has 0 aliphatic heterocycles. The topological polar surface area (TPSA) is 69.9 Å². The number of hydrogen-bond acceptors (Lipinski definition) is 4. The lowest BCUT2D eigenvalue weighted by Gasteiger charge is -2.13. The Morgan fingerprint density at radius 3 is 1.75 bits per heavy atom. The zero-order valence-electron chi connectivity index (χ0n) is 4.83. The molecule has 0 aliphatic rings. The molecule has 0 heterocycles. The summed E-state index contributed by atoms with van der Waals surface area (Å²) in [5, 5.41) is 16.2. The third-order valence-electron chi connectivity index (χ3n) is 0.394. The summed E-state index contributed by atoms with van der Waals surface area (Å²) in [6, 6.07) is 0. The second kappa shape index (κ2) is 2.61. The monoisotopic (exact) mass is 136 g/mol. The summed E-state index contributed by atoms with van der Waals surface area (Å²) in [5.74, 6) is 0. The van der Waals surface area contributed by atoms with Crippen LogP contribution in [0.4, 0.5) is 0 Å². The Labute approximate surface area is 49.2 Å². The molecule has 0 radical (unpaired) electrons. The molecule has 0 unspecified atom stereocenters. The largest absolute Gasteiger partial charge is 0.624 e. The number of rotatable bonds is 2. The Hall–Kier alpha value is 0.122. The van der Waals surface area contributed by atoms with Gasteiger partial charge in [-0.2, -0.15) is 0 Å². The van der Waals surface area contributed by atoms with Crippen molar-refractivity contribution in [1.29, 1.82) is 0 Å². The van der Waals surface area contributed by atoms with Gasteiger partial charge in [-0.15, -0.1) is 0 Å². The minimum Gasteiger partial charge on any atom is -0.411 e. The molecule has 0 aromatic rings. The van der Waals surface area contributed by atoms with Gasteiger partial charge in [0, 0.05) is 0 Å². The van der Waals surface area contributed by atoms with Crippen LogP contribution in [0.3, 0.4) is 0 Å². The molecule has 0 atom stereocenters. The Balaban J connectivity index is 3.39. The van der Waals surface area contributed by atoms with Gasteiger partial charge in [-0.25, -0.2) is 0 Å². The van der Waals surface area contributed by atoms with Crippen LogP contribution in [-0.4, -0.2) is 30.7 Å². The van der Waals surface area contributed by atoms with Crippen LogP contribution in [0.5, 0.6) is 0 Å². The van der Waals surface area contributed by atoms with Crippen LogP contribution < -0.4 is 0 Å². The van der Waals surface area contributed by atoms with Crippen LogP contribution in [0.15, 0.2) is 0 Å². The molecule has 0 saturated carbocycles. The minimum atomic E-state index is -2.72. The lowest BCUT2D eigenvalue weighted by molar-refractivity contribution is 0.252. The Morgan fingerprint density at radius 2 is 1.75 bits per heavy atom. The Morgan fingerprint density at radius 1 is 1.38 bits per heavy atom. The fraction of sp³-hybridized carbons (Fsp3) is 1.00. The quantitative estimate of drug-likeness (QED) is 0.411. The van der Waals surface area contributed by atoms with E-state index >= 15 is 0 Å². The van der Waals surface area contributed by atoms with Gasteiger partial charge in [0.2, 0.25) is 0 Å². The highest BCUT2D eigenvalue weighted by molar-refractivity contribution is 6.68. The summed E-state index contributed by atoms with van der Waals surface area (Å²) in [5.41, 5.74) is 0. The van der Waals surface area contributed by atoms with Crippen LogP contribution in [0.2, 0.25) is 13.1 Å². The third kappa shape index (κ3) is 6.12. The predicted molar refractivity (Wildman–Crippen MR) is 31.0 cm³/mol. The molecule has 0 spiro atoms. The molecule has 0 aromatic heterocycles. The normalized spacial score (nSPS) is 11.6. The predicted octanol–water partition coefficient (Wildman–Crippen LogP) is -1.33. The van der Waals surface area contributed by atoms with Crippen LogP contribution in [-0.2, 0) is 4.34 Å². The van der Waals surface area contributed by atoms with Gasteiger partial charge in [-0.1, -0.05) is 0 Å². The molecule has 3 N–H and O–H groups in total. The van der Waals surface area contributed by atoms with Crippen molar-refractivity contribution >= 4 is 15.9 Å². The SMILES string of the molecule is C[Si](C)(O)OB(O)O. The summed E-state index contributed by atoms with van der Waals surface area (Å²) >= 11 is 0. The smallest absolute Gasteiger partial charge is 0.411 e. The van der Waals surface area contributed by atoms with Crippen LogP contribution >= 0.6 is 0 Å². The van der Waals surface area contributed by atoms with E-state index in [1.165, 1.54) is 13.1 Å². The van der Waals surface area contributed by atoms with Crippen molar-refractivity contribution in [1.82, 2.24) is 0 Å². The van der Waals surface area contributed by atoms with Crippen molar-refractivity contribution in [3.05, 3.63) is 0 Å². The average Bonchev–Trinajstić information content (AvgIpc) is 1.21. The molecule has 4 nitrogen and oxygen atoms in total. The van der Waals surface area contributed by atoms with Gasteiger partial charge in [-0.3, -0.25) is 0 Å². The zero-order valence-corrected chi connectivity index (χ0v) is 5.83. The highest BCUT2D eigenvalue weighted by Gasteiger charge is 2.25. The second-order valence-electron chi connectivity index (χ2n) is 1.89. The molecule has 0 rings (SSSR count). The van der Waals surface area contributed by atoms with E-state index in [1.807, 2.05) is 0 Å². The van der Waals surface area contributed by atoms with Gasteiger partial charge >= 0.3 is 15.9 Å². The molecule has 0 amide bonds. The van der Waals surface area contributed by atoms with Crippen molar-refractivity contribution in [2.45, 2.75) is 13.1 Å². The maximum absolute atomic E-state index is 8.78. The van der Waals surface area contributed by atoms with E-state index in [2.05, 4.69) is 4.34 Å². The van der Waals surface area contributed by atoms with Crippen LogP contribution in [0, 0.1) is 0 Å². The van der Waals surface area contributed by atoms with Crippen molar-refractivity contribution in [3.63, 3.8) is 0 Å². The van der Waals surface area contributed by atoms with E-state index in [4.69, 9.17) is 14.8 Å². The Kier molecular flexibility index (Phi) is 2.64. The standard InChI is InChI=1S/C2H9BO4Si/c1-8(2,6)7-3(4)5/h4-6H,1-2H3. The fourth-order valence-corrected chi connectivity index (χ4v) is 0.774. The zero-order chi connectivity index (χ0) is 6.78. The summed E-state index contributed by atoms with van der Waals surface area (Å²) in [4.78, 5) is 8.78. The minimum absolute atomic E-state index is 1.44. The molecule has 0 fully saturated rings. The summed E-state index contributed by atoms with van der Waals surface area (Å²) < 4.78 is 4.24. The first-order valence-corrected chi connectivity index (χ1v) is 5.04. The van der Waals surface area contributed by atoms with Gasteiger partial charge in [-0.05, 0) is 13.1 Å². The molecule has 0 bridgehead atoms. The Bertz CT molecular complexity index is 68.9. The van der Waals surface area contributed by atoms with Gasteiger partial charge in [0.25, 0.3) is 0 Å². The molecule has 48 valence electrons. The van der Waals surface area contributed by atoms with E-state index < -0.39 is 15.9 Å².